The van der Waals surface area contributed by atoms with Crippen molar-refractivity contribution in [1.82, 2.24) is 0 Å². The van der Waals surface area contributed by atoms with Gasteiger partial charge in [0.05, 0.1) is 19.9 Å². The van der Waals surface area contributed by atoms with Crippen LogP contribution in [0.25, 0.3) is 11.1 Å². The number of nitrogen functional groups attached to an aromatic ring is 1. The van der Waals surface area contributed by atoms with Gasteiger partial charge in [0, 0.05) is 11.6 Å². The Kier molecular flexibility index (Phi) is 3.37. The molecule has 0 saturated heterocycles. The fourth-order valence-corrected chi connectivity index (χ4v) is 1.73. The van der Waals surface area contributed by atoms with Crippen LogP contribution < -0.4 is 15.2 Å². The van der Waals surface area contributed by atoms with E-state index in [9.17, 15) is 4.39 Å². The first-order valence-electron chi connectivity index (χ1n) is 5.43. The van der Waals surface area contributed by atoms with Crippen molar-refractivity contribution in [2.75, 3.05) is 20.0 Å². The lowest BCUT2D eigenvalue weighted by Crippen LogP contribution is -1.93. The molecule has 0 atom stereocenters. The third-order valence-electron chi connectivity index (χ3n) is 2.72. The summed E-state index contributed by atoms with van der Waals surface area (Å²) in [4.78, 5) is 0. The summed E-state index contributed by atoms with van der Waals surface area (Å²) in [6.07, 6.45) is 0. The number of halogens is 1. The SMILES string of the molecule is COc1ccc(-c2ccc(N)c(F)c2)c(OC)c1. The summed E-state index contributed by atoms with van der Waals surface area (Å²) >= 11 is 0. The van der Waals surface area contributed by atoms with Crippen LogP contribution in [-0.2, 0) is 0 Å². The maximum atomic E-state index is 13.5. The topological polar surface area (TPSA) is 44.5 Å². The van der Waals surface area contributed by atoms with Gasteiger partial charge < -0.3 is 15.2 Å². The van der Waals surface area contributed by atoms with Crippen molar-refractivity contribution >= 4 is 5.69 Å². The molecule has 2 rings (SSSR count). The van der Waals surface area contributed by atoms with Crippen LogP contribution in [0.5, 0.6) is 11.5 Å². The van der Waals surface area contributed by atoms with E-state index in [0.29, 0.717) is 17.1 Å². The second kappa shape index (κ2) is 4.96. The van der Waals surface area contributed by atoms with E-state index < -0.39 is 5.82 Å². The number of methoxy groups -OCH3 is 2. The third-order valence-corrected chi connectivity index (χ3v) is 2.72. The summed E-state index contributed by atoms with van der Waals surface area (Å²) in [5.41, 5.74) is 7.09. The van der Waals surface area contributed by atoms with Crippen molar-refractivity contribution in [2.24, 2.45) is 0 Å². The summed E-state index contributed by atoms with van der Waals surface area (Å²) in [5, 5.41) is 0. The molecule has 0 aromatic heterocycles. The number of hydrogen-bond donors (Lipinski definition) is 1. The van der Waals surface area contributed by atoms with Crippen LogP contribution in [0.1, 0.15) is 0 Å². The summed E-state index contributed by atoms with van der Waals surface area (Å²) in [6.45, 7) is 0. The molecule has 2 aromatic carbocycles. The van der Waals surface area contributed by atoms with Gasteiger partial charge in [0.15, 0.2) is 0 Å². The predicted molar refractivity (Wildman–Crippen MR) is 69.4 cm³/mol. The summed E-state index contributed by atoms with van der Waals surface area (Å²) in [5.74, 6) is 0.871. The second-order valence-corrected chi connectivity index (χ2v) is 3.80. The fraction of sp³-hybridized carbons (Fsp3) is 0.143. The lowest BCUT2D eigenvalue weighted by atomic mass is 10.0. The average Bonchev–Trinajstić information content (AvgIpc) is 2.41. The Balaban J connectivity index is 2.52. The zero-order chi connectivity index (χ0) is 13.1. The van der Waals surface area contributed by atoms with Crippen molar-refractivity contribution in [2.45, 2.75) is 0 Å². The zero-order valence-corrected chi connectivity index (χ0v) is 10.2. The monoisotopic (exact) mass is 247 g/mol. The van der Waals surface area contributed by atoms with Crippen LogP contribution in [0.15, 0.2) is 36.4 Å². The molecule has 94 valence electrons. The molecule has 2 aromatic rings. The Morgan fingerprint density at radius 2 is 1.78 bits per heavy atom. The van der Waals surface area contributed by atoms with Crippen molar-refractivity contribution in [3.05, 3.63) is 42.2 Å². The maximum absolute atomic E-state index is 13.5. The van der Waals surface area contributed by atoms with Crippen molar-refractivity contribution < 1.29 is 13.9 Å². The van der Waals surface area contributed by atoms with Gasteiger partial charge in [-0.1, -0.05) is 6.07 Å². The van der Waals surface area contributed by atoms with E-state index in [1.165, 1.54) is 12.1 Å². The Morgan fingerprint density at radius 1 is 1.00 bits per heavy atom. The molecule has 0 aliphatic rings. The van der Waals surface area contributed by atoms with Crippen molar-refractivity contribution in [1.29, 1.82) is 0 Å². The van der Waals surface area contributed by atoms with Gasteiger partial charge in [0.1, 0.15) is 17.3 Å². The van der Waals surface area contributed by atoms with E-state index >= 15 is 0 Å². The van der Waals surface area contributed by atoms with Crippen LogP contribution in [-0.4, -0.2) is 14.2 Å². The van der Waals surface area contributed by atoms with E-state index in [0.717, 1.165) is 5.56 Å². The first-order valence-corrected chi connectivity index (χ1v) is 5.43. The molecule has 0 spiro atoms. The smallest absolute Gasteiger partial charge is 0.146 e. The van der Waals surface area contributed by atoms with Gasteiger partial charge in [-0.05, 0) is 29.8 Å². The highest BCUT2D eigenvalue weighted by Crippen LogP contribution is 2.34. The molecule has 0 aliphatic heterocycles. The van der Waals surface area contributed by atoms with E-state index in [-0.39, 0.29) is 5.69 Å². The van der Waals surface area contributed by atoms with Crippen molar-refractivity contribution in [3.8, 4) is 22.6 Å². The van der Waals surface area contributed by atoms with Gasteiger partial charge >= 0.3 is 0 Å². The minimum absolute atomic E-state index is 0.131. The number of ether oxygens (including phenoxy) is 2. The molecular formula is C14H14FNO2. The largest absolute Gasteiger partial charge is 0.497 e. The summed E-state index contributed by atoms with van der Waals surface area (Å²) < 4.78 is 23.9. The summed E-state index contributed by atoms with van der Waals surface area (Å²) in [7, 11) is 3.14. The molecule has 0 aliphatic carbocycles. The number of rotatable bonds is 3. The number of anilines is 1. The second-order valence-electron chi connectivity index (χ2n) is 3.80. The Bertz CT molecular complexity index is 570. The Hall–Kier alpha value is -2.23. The fourth-order valence-electron chi connectivity index (χ4n) is 1.73. The Morgan fingerprint density at radius 3 is 2.39 bits per heavy atom. The average molecular weight is 247 g/mol. The van der Waals surface area contributed by atoms with Crippen LogP contribution >= 0.6 is 0 Å². The highest BCUT2D eigenvalue weighted by atomic mass is 19.1. The van der Waals surface area contributed by atoms with Gasteiger partial charge in [-0.15, -0.1) is 0 Å². The van der Waals surface area contributed by atoms with Gasteiger partial charge in [-0.25, -0.2) is 4.39 Å². The highest BCUT2D eigenvalue weighted by molar-refractivity contribution is 5.72. The van der Waals surface area contributed by atoms with E-state index in [1.807, 2.05) is 6.07 Å². The Labute approximate surface area is 105 Å². The first-order chi connectivity index (χ1) is 8.65. The predicted octanol–water partition coefficient (Wildman–Crippen LogP) is 3.09. The normalized spacial score (nSPS) is 10.2. The maximum Gasteiger partial charge on any atom is 0.146 e. The highest BCUT2D eigenvalue weighted by Gasteiger charge is 2.09. The van der Waals surface area contributed by atoms with E-state index in [1.54, 1.807) is 32.4 Å². The molecule has 0 fully saturated rings. The van der Waals surface area contributed by atoms with E-state index in [2.05, 4.69) is 0 Å². The molecule has 0 heterocycles. The molecule has 3 nitrogen and oxygen atoms in total. The number of benzene rings is 2. The molecule has 0 radical (unpaired) electrons. The van der Waals surface area contributed by atoms with Gasteiger partial charge in [-0.3, -0.25) is 0 Å². The van der Waals surface area contributed by atoms with Crippen molar-refractivity contribution in [3.63, 3.8) is 0 Å². The lowest BCUT2D eigenvalue weighted by Gasteiger charge is -2.11. The minimum Gasteiger partial charge on any atom is -0.497 e. The molecule has 0 amide bonds. The number of nitrogens with two attached hydrogens (primary N) is 1. The lowest BCUT2D eigenvalue weighted by molar-refractivity contribution is 0.395. The van der Waals surface area contributed by atoms with Crippen LogP contribution in [0.4, 0.5) is 10.1 Å². The van der Waals surface area contributed by atoms with Gasteiger partial charge in [-0.2, -0.15) is 0 Å². The molecule has 0 saturated carbocycles. The molecule has 2 N–H and O–H groups in total. The van der Waals surface area contributed by atoms with Crippen LogP contribution in [0.3, 0.4) is 0 Å². The summed E-state index contributed by atoms with van der Waals surface area (Å²) in [6, 6.07) is 10.1. The van der Waals surface area contributed by atoms with Crippen LogP contribution in [0.2, 0.25) is 0 Å². The molecule has 18 heavy (non-hydrogen) atoms. The molecular weight excluding hydrogens is 233 g/mol. The van der Waals surface area contributed by atoms with Gasteiger partial charge in [0.25, 0.3) is 0 Å². The quantitative estimate of drug-likeness (QED) is 0.848. The van der Waals surface area contributed by atoms with Crippen LogP contribution in [0, 0.1) is 5.82 Å². The number of hydrogen-bond acceptors (Lipinski definition) is 3. The third kappa shape index (κ3) is 2.22. The zero-order valence-electron chi connectivity index (χ0n) is 10.2. The molecule has 4 heteroatoms. The molecule has 0 bridgehead atoms. The van der Waals surface area contributed by atoms with Gasteiger partial charge in [0.2, 0.25) is 0 Å². The molecule has 0 unspecified atom stereocenters. The standard InChI is InChI=1S/C14H14FNO2/c1-17-10-4-5-11(14(8-10)18-2)9-3-6-13(16)12(15)7-9/h3-8H,16H2,1-2H3. The van der Waals surface area contributed by atoms with E-state index in [4.69, 9.17) is 15.2 Å². The minimum atomic E-state index is -0.439. The first kappa shape index (κ1) is 12.2.